The minimum Gasteiger partial charge on any atom is -0.253 e. The van der Waals surface area contributed by atoms with Gasteiger partial charge in [0, 0.05) is 21.8 Å². The van der Waals surface area contributed by atoms with Gasteiger partial charge in [-0.3, -0.25) is 5.43 Å². The Hall–Kier alpha value is -2.10. The molecule has 0 amide bonds. The van der Waals surface area contributed by atoms with Crippen LogP contribution in [0.3, 0.4) is 0 Å². The lowest BCUT2D eigenvalue weighted by Gasteiger charge is -2.03. The molecule has 0 spiro atoms. The molecule has 3 aromatic rings. The Kier molecular flexibility index (Phi) is 5.03. The average Bonchev–Trinajstić information content (AvgIpc) is 3.01. The molecule has 0 radical (unpaired) electrons. The summed E-state index contributed by atoms with van der Waals surface area (Å²) in [5.41, 5.74) is 7.83. The second-order valence-electron chi connectivity index (χ2n) is 5.45. The minimum absolute atomic E-state index is 0.261. The molecule has 0 fully saturated rings. The Bertz CT molecular complexity index is 905. The molecule has 1 heterocycles. The molecule has 3 nitrogen and oxygen atoms in total. The van der Waals surface area contributed by atoms with E-state index in [1.807, 2.05) is 30.5 Å². The first-order chi connectivity index (χ1) is 11.5. The van der Waals surface area contributed by atoms with Crippen molar-refractivity contribution in [2.45, 2.75) is 13.8 Å². The van der Waals surface area contributed by atoms with Crippen LogP contribution in [-0.2, 0) is 0 Å². The van der Waals surface area contributed by atoms with Crippen molar-refractivity contribution in [3.63, 3.8) is 0 Å². The number of hydrogen-bond donors (Lipinski definition) is 1. The Labute approximate surface area is 146 Å². The summed E-state index contributed by atoms with van der Waals surface area (Å²) in [4.78, 5) is 4.54. The monoisotopic (exact) mass is 357 g/mol. The van der Waals surface area contributed by atoms with Crippen molar-refractivity contribution in [3.05, 3.63) is 64.3 Å². The smallest absolute Gasteiger partial charge is 0.203 e. The molecule has 0 aliphatic rings. The third-order valence-corrected chi connectivity index (χ3v) is 4.86. The third-order valence-electron chi connectivity index (χ3n) is 3.67. The van der Waals surface area contributed by atoms with Crippen molar-refractivity contribution in [1.82, 2.24) is 4.98 Å². The van der Waals surface area contributed by atoms with Crippen LogP contribution in [-0.4, -0.2) is 11.2 Å². The van der Waals surface area contributed by atoms with E-state index in [0.29, 0.717) is 10.4 Å². The number of hydrazone groups is 1. The quantitative estimate of drug-likeness (QED) is 0.424. The zero-order chi connectivity index (χ0) is 17.1. The number of thiazole rings is 1. The summed E-state index contributed by atoms with van der Waals surface area (Å²) in [6.45, 7) is 3.99. The van der Waals surface area contributed by atoms with Gasteiger partial charge in [0.25, 0.3) is 0 Å². The van der Waals surface area contributed by atoms with E-state index >= 15 is 0 Å². The minimum atomic E-state index is -0.261. The zero-order valence-corrected chi connectivity index (χ0v) is 15.3. The highest BCUT2D eigenvalue weighted by atomic mass is 32.1. The van der Waals surface area contributed by atoms with Crippen LogP contribution in [0.5, 0.6) is 0 Å². The van der Waals surface area contributed by atoms with Gasteiger partial charge in [-0.25, -0.2) is 9.37 Å². The number of hydrogen-bond acceptors (Lipinski definition) is 4. The second-order valence-corrected chi connectivity index (χ2v) is 6.93. The van der Waals surface area contributed by atoms with Crippen molar-refractivity contribution in [1.29, 1.82) is 0 Å². The first kappa shape index (κ1) is 16.7. The summed E-state index contributed by atoms with van der Waals surface area (Å²) in [6, 6.07) is 11.4. The topological polar surface area (TPSA) is 37.3 Å². The van der Waals surface area contributed by atoms with E-state index in [1.165, 1.54) is 23.0 Å². The Morgan fingerprint density at radius 2 is 2.00 bits per heavy atom. The fourth-order valence-corrected chi connectivity index (χ4v) is 3.32. The van der Waals surface area contributed by atoms with Gasteiger partial charge in [-0.05, 0) is 37.1 Å². The fraction of sp³-hybridized carbons (Fsp3) is 0.111. The predicted molar refractivity (Wildman–Crippen MR) is 104 cm³/mol. The van der Waals surface area contributed by atoms with E-state index < -0.39 is 0 Å². The lowest BCUT2D eigenvalue weighted by molar-refractivity contribution is 0.636. The van der Waals surface area contributed by atoms with E-state index in [2.05, 4.69) is 37.7 Å². The van der Waals surface area contributed by atoms with Crippen molar-refractivity contribution in [2.24, 2.45) is 5.10 Å². The summed E-state index contributed by atoms with van der Waals surface area (Å²) in [5.74, 6) is -0.261. The highest BCUT2D eigenvalue weighted by Gasteiger charge is 2.06. The molecule has 0 aliphatic heterocycles. The molecule has 1 aromatic heterocycles. The average molecular weight is 357 g/mol. The van der Waals surface area contributed by atoms with Gasteiger partial charge in [0.2, 0.25) is 5.13 Å². The second kappa shape index (κ2) is 7.20. The first-order valence-electron chi connectivity index (χ1n) is 7.41. The summed E-state index contributed by atoms with van der Waals surface area (Å²) in [7, 11) is 2.38. The molecule has 24 heavy (non-hydrogen) atoms. The normalized spacial score (nSPS) is 11.2. The van der Waals surface area contributed by atoms with E-state index in [1.54, 1.807) is 12.3 Å². The number of rotatable bonds is 4. The lowest BCUT2D eigenvalue weighted by Crippen LogP contribution is -2.02. The van der Waals surface area contributed by atoms with Crippen LogP contribution in [0, 0.1) is 19.7 Å². The molecule has 6 heteroatoms. The number of aryl methyl sites for hydroxylation is 2. The molecule has 122 valence electrons. The molecule has 0 saturated carbocycles. The molecular formula is C18H17FN3PS. The number of halogens is 1. The Morgan fingerprint density at radius 3 is 2.79 bits per heavy atom. The third kappa shape index (κ3) is 3.69. The van der Waals surface area contributed by atoms with Crippen molar-refractivity contribution < 1.29 is 4.39 Å². The molecule has 0 saturated heterocycles. The van der Waals surface area contributed by atoms with Gasteiger partial charge in [0.05, 0.1) is 11.9 Å². The number of nitrogens with one attached hydrogen (secondary N) is 1. The molecular weight excluding hydrogens is 340 g/mol. The number of anilines is 1. The van der Waals surface area contributed by atoms with Crippen LogP contribution in [0.15, 0.2) is 46.9 Å². The van der Waals surface area contributed by atoms with Crippen LogP contribution in [0.2, 0.25) is 0 Å². The fourth-order valence-electron chi connectivity index (χ4n) is 2.32. The Balaban J connectivity index is 1.74. The maximum absolute atomic E-state index is 13.6. The SMILES string of the molecule is Cc1cc(P)c(F)cc1/C=N/Nc1nc(-c2ccccc2C)cs1. The maximum atomic E-state index is 13.6. The largest absolute Gasteiger partial charge is 0.253 e. The van der Waals surface area contributed by atoms with E-state index in [0.717, 1.165) is 22.4 Å². The van der Waals surface area contributed by atoms with Gasteiger partial charge >= 0.3 is 0 Å². The summed E-state index contributed by atoms with van der Waals surface area (Å²) in [6.07, 6.45) is 1.61. The van der Waals surface area contributed by atoms with Crippen LogP contribution < -0.4 is 10.7 Å². The van der Waals surface area contributed by atoms with Crippen molar-refractivity contribution >= 4 is 37.2 Å². The van der Waals surface area contributed by atoms with Crippen LogP contribution in [0.1, 0.15) is 16.7 Å². The van der Waals surface area contributed by atoms with Crippen molar-refractivity contribution in [2.75, 3.05) is 5.43 Å². The number of nitrogens with zero attached hydrogens (tertiary/aromatic N) is 2. The molecule has 1 N–H and O–H groups in total. The molecule has 3 rings (SSSR count). The number of aromatic nitrogens is 1. The van der Waals surface area contributed by atoms with E-state index in [9.17, 15) is 4.39 Å². The summed E-state index contributed by atoms with van der Waals surface area (Å²) >= 11 is 1.48. The van der Waals surface area contributed by atoms with Crippen LogP contribution >= 0.6 is 20.6 Å². The van der Waals surface area contributed by atoms with E-state index in [-0.39, 0.29) is 5.82 Å². The lowest BCUT2D eigenvalue weighted by atomic mass is 10.1. The number of benzene rings is 2. The zero-order valence-electron chi connectivity index (χ0n) is 13.4. The van der Waals surface area contributed by atoms with Crippen LogP contribution in [0.4, 0.5) is 9.52 Å². The van der Waals surface area contributed by atoms with Gasteiger partial charge in [-0.2, -0.15) is 5.10 Å². The Morgan fingerprint density at radius 1 is 1.21 bits per heavy atom. The maximum Gasteiger partial charge on any atom is 0.203 e. The van der Waals surface area contributed by atoms with E-state index in [4.69, 9.17) is 0 Å². The van der Waals surface area contributed by atoms with Gasteiger partial charge in [0.1, 0.15) is 5.82 Å². The highest BCUT2D eigenvalue weighted by Crippen LogP contribution is 2.27. The van der Waals surface area contributed by atoms with Gasteiger partial charge in [-0.1, -0.05) is 24.3 Å². The van der Waals surface area contributed by atoms with Gasteiger partial charge in [0.15, 0.2) is 0 Å². The summed E-state index contributed by atoms with van der Waals surface area (Å²) in [5, 5.41) is 7.42. The summed E-state index contributed by atoms with van der Waals surface area (Å²) < 4.78 is 13.6. The molecule has 0 bridgehead atoms. The molecule has 2 aromatic carbocycles. The van der Waals surface area contributed by atoms with Gasteiger partial charge in [-0.15, -0.1) is 20.6 Å². The molecule has 1 unspecified atom stereocenters. The first-order valence-corrected chi connectivity index (χ1v) is 8.86. The highest BCUT2D eigenvalue weighted by molar-refractivity contribution is 7.27. The van der Waals surface area contributed by atoms with Crippen LogP contribution in [0.25, 0.3) is 11.3 Å². The molecule has 0 aliphatic carbocycles. The van der Waals surface area contributed by atoms with Crippen molar-refractivity contribution in [3.8, 4) is 11.3 Å². The van der Waals surface area contributed by atoms with Gasteiger partial charge < -0.3 is 0 Å². The predicted octanol–water partition coefficient (Wildman–Crippen LogP) is 4.51. The molecule has 1 atom stereocenters. The standard InChI is InChI=1S/C18H17FN3PS/c1-11-5-3-4-6-14(11)16-10-24-18(21-16)22-20-9-13-8-15(19)17(23)7-12(13)2/h3-10H,23H2,1-2H3,(H,21,22)/b20-9+.